The summed E-state index contributed by atoms with van der Waals surface area (Å²) in [5, 5.41) is 2.19. The lowest BCUT2D eigenvalue weighted by atomic mass is 9.95. The second-order valence-corrected chi connectivity index (χ2v) is 19.1. The maximum atomic E-state index is 13.7. The minimum Gasteiger partial charge on any atom is -0.290 e. The van der Waals surface area contributed by atoms with Gasteiger partial charge in [-0.3, -0.25) is 4.79 Å². The van der Waals surface area contributed by atoms with E-state index < -0.39 is 16.1 Å². The van der Waals surface area contributed by atoms with E-state index in [0.717, 1.165) is 10.4 Å². The molecule has 134 valence electrons. The van der Waals surface area contributed by atoms with Gasteiger partial charge in [0.2, 0.25) is 0 Å². The molecule has 1 aliphatic rings. The summed E-state index contributed by atoms with van der Waals surface area (Å²) in [5.74, 6) is 0.320. The predicted molar refractivity (Wildman–Crippen MR) is 118 cm³/mol. The SMILES string of the molecule is C[Si](C)(C)C1=C(c2ccccc2)C(c2ccccc2)=C([Si](C)(C)C)C1=O. The van der Waals surface area contributed by atoms with Gasteiger partial charge >= 0.3 is 0 Å². The fraction of sp³-hybridized carbons (Fsp3) is 0.261. The number of rotatable bonds is 4. The summed E-state index contributed by atoms with van der Waals surface area (Å²) >= 11 is 0. The molecule has 0 atom stereocenters. The molecule has 0 aliphatic heterocycles. The Labute approximate surface area is 159 Å². The van der Waals surface area contributed by atoms with Crippen molar-refractivity contribution in [3.05, 3.63) is 82.2 Å². The molecule has 0 spiro atoms. The first-order chi connectivity index (χ1) is 12.1. The average molecular weight is 377 g/mol. The summed E-state index contributed by atoms with van der Waals surface area (Å²) in [6, 6.07) is 21.0. The highest BCUT2D eigenvalue weighted by Gasteiger charge is 2.43. The van der Waals surface area contributed by atoms with E-state index in [9.17, 15) is 4.79 Å². The van der Waals surface area contributed by atoms with Crippen molar-refractivity contribution < 1.29 is 4.79 Å². The Balaban J connectivity index is 2.43. The number of hydrogen-bond donors (Lipinski definition) is 0. The Morgan fingerprint density at radius 1 is 0.538 bits per heavy atom. The van der Waals surface area contributed by atoms with E-state index in [1.807, 2.05) is 12.1 Å². The van der Waals surface area contributed by atoms with Crippen LogP contribution in [0.1, 0.15) is 11.1 Å². The van der Waals surface area contributed by atoms with Crippen LogP contribution in [0.5, 0.6) is 0 Å². The van der Waals surface area contributed by atoms with Crippen molar-refractivity contribution >= 4 is 33.1 Å². The van der Waals surface area contributed by atoms with E-state index in [1.165, 1.54) is 22.3 Å². The zero-order chi connectivity index (χ0) is 19.1. The fourth-order valence-corrected chi connectivity index (χ4v) is 7.60. The van der Waals surface area contributed by atoms with Gasteiger partial charge in [0, 0.05) is 0 Å². The topological polar surface area (TPSA) is 17.1 Å². The van der Waals surface area contributed by atoms with Gasteiger partial charge in [0.1, 0.15) is 0 Å². The van der Waals surface area contributed by atoms with Gasteiger partial charge in [0.15, 0.2) is 5.78 Å². The molecule has 2 aromatic carbocycles. The Morgan fingerprint density at radius 2 is 0.846 bits per heavy atom. The molecule has 0 saturated heterocycles. The predicted octanol–water partition coefficient (Wildman–Crippen LogP) is 6.23. The van der Waals surface area contributed by atoms with Crippen LogP contribution in [0.4, 0.5) is 0 Å². The van der Waals surface area contributed by atoms with E-state index >= 15 is 0 Å². The number of ketones is 1. The quantitative estimate of drug-likeness (QED) is 0.578. The van der Waals surface area contributed by atoms with Crippen LogP contribution in [0.25, 0.3) is 11.1 Å². The van der Waals surface area contributed by atoms with Crippen LogP contribution < -0.4 is 0 Å². The van der Waals surface area contributed by atoms with E-state index in [2.05, 4.69) is 87.8 Å². The van der Waals surface area contributed by atoms with Crippen molar-refractivity contribution in [3.63, 3.8) is 0 Å². The lowest BCUT2D eigenvalue weighted by Crippen LogP contribution is -2.35. The fourth-order valence-electron chi connectivity index (χ4n) is 3.82. The lowest BCUT2D eigenvalue weighted by molar-refractivity contribution is -0.111. The Hall–Kier alpha value is -1.98. The first-order valence-corrected chi connectivity index (χ1v) is 16.3. The van der Waals surface area contributed by atoms with Gasteiger partial charge in [-0.05, 0) is 32.7 Å². The van der Waals surface area contributed by atoms with Gasteiger partial charge in [-0.15, -0.1) is 0 Å². The molecular formula is C23H28OSi2. The van der Waals surface area contributed by atoms with Gasteiger partial charge < -0.3 is 0 Å². The molecule has 0 saturated carbocycles. The number of hydrogen-bond acceptors (Lipinski definition) is 1. The van der Waals surface area contributed by atoms with Crippen molar-refractivity contribution in [3.8, 4) is 0 Å². The minimum atomic E-state index is -1.82. The van der Waals surface area contributed by atoms with Crippen molar-refractivity contribution in [2.24, 2.45) is 0 Å². The zero-order valence-electron chi connectivity index (χ0n) is 16.7. The van der Waals surface area contributed by atoms with Gasteiger partial charge in [0.05, 0.1) is 16.1 Å². The molecule has 1 nitrogen and oxygen atoms in total. The van der Waals surface area contributed by atoms with Gasteiger partial charge in [-0.1, -0.05) is 99.9 Å². The Bertz CT molecular complexity index is 817. The van der Waals surface area contributed by atoms with Crippen LogP contribution in [0.3, 0.4) is 0 Å². The number of allylic oxidation sites excluding steroid dienone is 4. The summed E-state index contributed by atoms with van der Waals surface area (Å²) in [6.45, 7) is 13.7. The standard InChI is InChI=1S/C23H28OSi2/c1-25(2,3)22-19(17-13-9-7-10-14-17)20(18-15-11-8-12-16-18)23(21(22)24)26(4,5)6/h7-16H,1-6H3. The number of carbonyl (C=O) groups is 1. The van der Waals surface area contributed by atoms with Crippen LogP contribution in [-0.2, 0) is 4.79 Å². The second kappa shape index (κ2) is 6.64. The third-order valence-electron chi connectivity index (χ3n) is 4.83. The molecule has 0 heterocycles. The second-order valence-electron chi connectivity index (χ2n) is 9.06. The molecule has 0 aromatic heterocycles. The van der Waals surface area contributed by atoms with E-state index in [4.69, 9.17) is 0 Å². The minimum absolute atomic E-state index is 0.320. The molecule has 0 fully saturated rings. The Kier molecular flexibility index (Phi) is 4.80. The first kappa shape index (κ1) is 18.8. The van der Waals surface area contributed by atoms with Gasteiger partial charge in [-0.2, -0.15) is 0 Å². The van der Waals surface area contributed by atoms with E-state index in [1.54, 1.807) is 0 Å². The molecule has 0 amide bonds. The normalized spacial score (nSPS) is 15.8. The number of Topliss-reactive ketones (excluding diaryl/α,β-unsaturated/α-hetero) is 1. The molecule has 1 aliphatic carbocycles. The summed E-state index contributed by atoms with van der Waals surface area (Å²) in [7, 11) is -3.64. The van der Waals surface area contributed by atoms with Crippen molar-refractivity contribution in [2.45, 2.75) is 39.3 Å². The maximum Gasteiger partial charge on any atom is 0.178 e. The molecule has 0 bridgehead atoms. The zero-order valence-corrected chi connectivity index (χ0v) is 18.7. The van der Waals surface area contributed by atoms with Crippen molar-refractivity contribution in [1.82, 2.24) is 0 Å². The van der Waals surface area contributed by atoms with Crippen LogP contribution in [-0.4, -0.2) is 21.9 Å². The molecule has 3 rings (SSSR count). The molecule has 0 N–H and O–H groups in total. The smallest absolute Gasteiger partial charge is 0.178 e. The summed E-state index contributed by atoms with van der Waals surface area (Å²) < 4.78 is 0. The third kappa shape index (κ3) is 3.34. The monoisotopic (exact) mass is 376 g/mol. The van der Waals surface area contributed by atoms with Crippen LogP contribution in [0.2, 0.25) is 39.3 Å². The van der Waals surface area contributed by atoms with Crippen LogP contribution in [0, 0.1) is 0 Å². The molecule has 26 heavy (non-hydrogen) atoms. The largest absolute Gasteiger partial charge is 0.290 e. The van der Waals surface area contributed by atoms with Crippen molar-refractivity contribution in [2.75, 3.05) is 0 Å². The third-order valence-corrected chi connectivity index (χ3v) is 8.78. The van der Waals surface area contributed by atoms with Crippen molar-refractivity contribution in [1.29, 1.82) is 0 Å². The molecule has 0 radical (unpaired) electrons. The van der Waals surface area contributed by atoms with E-state index in [0.29, 0.717) is 5.78 Å². The highest BCUT2D eigenvalue weighted by molar-refractivity contribution is 6.96. The highest BCUT2D eigenvalue weighted by Crippen LogP contribution is 2.47. The lowest BCUT2D eigenvalue weighted by Gasteiger charge is -2.22. The highest BCUT2D eigenvalue weighted by atomic mass is 28.3. The maximum absolute atomic E-state index is 13.7. The van der Waals surface area contributed by atoms with Crippen LogP contribution >= 0.6 is 0 Å². The number of benzene rings is 2. The van der Waals surface area contributed by atoms with Gasteiger partial charge in [-0.25, -0.2) is 0 Å². The van der Waals surface area contributed by atoms with Crippen LogP contribution in [0.15, 0.2) is 71.1 Å². The average Bonchev–Trinajstić information content (AvgIpc) is 2.90. The summed E-state index contributed by atoms with van der Waals surface area (Å²) in [6.07, 6.45) is 0. The summed E-state index contributed by atoms with van der Waals surface area (Å²) in [4.78, 5) is 13.7. The molecule has 0 unspecified atom stereocenters. The molecule has 2 aromatic rings. The molecule has 3 heteroatoms. The number of carbonyl (C=O) groups excluding carboxylic acids is 1. The van der Waals surface area contributed by atoms with E-state index in [-0.39, 0.29) is 0 Å². The van der Waals surface area contributed by atoms with Gasteiger partial charge in [0.25, 0.3) is 0 Å². The summed E-state index contributed by atoms with van der Waals surface area (Å²) in [5.41, 5.74) is 4.73. The molecular weight excluding hydrogens is 348 g/mol. The first-order valence-electron chi connectivity index (χ1n) is 9.28. The Morgan fingerprint density at radius 3 is 1.12 bits per heavy atom.